The number of benzene rings is 1. The van der Waals surface area contributed by atoms with Gasteiger partial charge in [0.05, 0.1) is 19.8 Å². The lowest BCUT2D eigenvalue weighted by atomic mass is 10.3. The van der Waals surface area contributed by atoms with Gasteiger partial charge in [-0.2, -0.15) is 8.42 Å². The van der Waals surface area contributed by atoms with Crippen molar-refractivity contribution in [3.05, 3.63) is 24.3 Å². The van der Waals surface area contributed by atoms with E-state index in [4.69, 9.17) is 9.47 Å². The van der Waals surface area contributed by atoms with E-state index in [1.165, 1.54) is 29.2 Å². The first-order valence-electron chi connectivity index (χ1n) is 6.65. The molecule has 1 N–H and O–H groups in total. The second kappa shape index (κ2) is 9.28. The predicted molar refractivity (Wildman–Crippen MR) is 81.4 cm³/mol. The molecule has 1 aromatic rings. The van der Waals surface area contributed by atoms with E-state index in [9.17, 15) is 17.1 Å². The van der Waals surface area contributed by atoms with Gasteiger partial charge in [-0.3, -0.25) is 0 Å². The van der Waals surface area contributed by atoms with Gasteiger partial charge >= 0.3 is 16.5 Å². The van der Waals surface area contributed by atoms with Crippen molar-refractivity contribution in [3.63, 3.8) is 0 Å². The number of amides is 2. The summed E-state index contributed by atoms with van der Waals surface area (Å²) in [4.78, 5) is 13.3. The molecule has 23 heavy (non-hydrogen) atoms. The molecule has 0 atom stereocenters. The molecule has 1 aromatic carbocycles. The molecule has 8 nitrogen and oxygen atoms in total. The van der Waals surface area contributed by atoms with Crippen LogP contribution in [0.5, 0.6) is 5.75 Å². The van der Waals surface area contributed by atoms with Crippen molar-refractivity contribution in [1.82, 2.24) is 4.90 Å². The molecule has 0 fully saturated rings. The van der Waals surface area contributed by atoms with E-state index in [2.05, 4.69) is 9.50 Å². The number of anilines is 1. The standard InChI is InChI=1S/C13H19FN2O6S/c1-16(7-8-21-10-9-20-2)13(17)15-11-3-5-12(6-4-11)22-23(14,18)19/h3-6H,7-10H2,1-2H3,(H,15,17). The molecule has 2 amide bonds. The van der Waals surface area contributed by atoms with Gasteiger partial charge < -0.3 is 23.9 Å². The summed E-state index contributed by atoms with van der Waals surface area (Å²) >= 11 is 0. The number of carbonyl (C=O) groups excluding carboxylic acids is 1. The lowest BCUT2D eigenvalue weighted by Gasteiger charge is -2.18. The normalized spacial score (nSPS) is 11.1. The Balaban J connectivity index is 2.41. The lowest BCUT2D eigenvalue weighted by Crippen LogP contribution is -2.34. The summed E-state index contributed by atoms with van der Waals surface area (Å²) in [5.74, 6) is -0.189. The number of likely N-dealkylation sites (N-methyl/N-ethyl adjacent to an activating group) is 1. The Morgan fingerprint density at radius 2 is 1.87 bits per heavy atom. The first-order chi connectivity index (χ1) is 10.8. The molecule has 0 bridgehead atoms. The fourth-order valence-corrected chi connectivity index (χ4v) is 1.82. The minimum atomic E-state index is -5.06. The van der Waals surface area contributed by atoms with Gasteiger partial charge in [0.1, 0.15) is 5.75 Å². The van der Waals surface area contributed by atoms with Crippen molar-refractivity contribution >= 4 is 22.2 Å². The van der Waals surface area contributed by atoms with Gasteiger partial charge in [-0.25, -0.2) is 4.79 Å². The van der Waals surface area contributed by atoms with Crippen LogP contribution in [0.1, 0.15) is 0 Å². The summed E-state index contributed by atoms with van der Waals surface area (Å²) in [5, 5.41) is 2.59. The van der Waals surface area contributed by atoms with Crippen LogP contribution >= 0.6 is 0 Å². The van der Waals surface area contributed by atoms with Crippen molar-refractivity contribution in [2.75, 3.05) is 45.8 Å². The molecule has 1 rings (SSSR count). The Hall–Kier alpha value is -1.91. The number of ether oxygens (including phenoxy) is 2. The van der Waals surface area contributed by atoms with Gasteiger partial charge in [-0.05, 0) is 24.3 Å². The molecule has 0 aromatic heterocycles. The number of nitrogens with zero attached hydrogens (tertiary/aromatic N) is 1. The van der Waals surface area contributed by atoms with Crippen molar-refractivity contribution in [3.8, 4) is 5.75 Å². The molecule has 0 aliphatic heterocycles. The molecule has 0 heterocycles. The van der Waals surface area contributed by atoms with Crippen LogP contribution in [-0.4, -0.2) is 59.9 Å². The van der Waals surface area contributed by atoms with Crippen LogP contribution in [0.4, 0.5) is 14.4 Å². The smallest absolute Gasteiger partial charge is 0.382 e. The topological polar surface area (TPSA) is 94.2 Å². The molecular formula is C13H19FN2O6S. The summed E-state index contributed by atoms with van der Waals surface area (Å²) in [5.41, 5.74) is 0.408. The fourth-order valence-electron chi connectivity index (χ4n) is 1.48. The monoisotopic (exact) mass is 350 g/mol. The Labute approximate surface area is 134 Å². The van der Waals surface area contributed by atoms with E-state index >= 15 is 0 Å². The van der Waals surface area contributed by atoms with Crippen LogP contribution in [-0.2, 0) is 20.0 Å². The highest BCUT2D eigenvalue weighted by Gasteiger charge is 2.11. The third-order valence-corrected chi connectivity index (χ3v) is 3.04. The maximum absolute atomic E-state index is 12.3. The number of nitrogens with one attached hydrogen (secondary N) is 1. The molecule has 0 saturated heterocycles. The zero-order chi connectivity index (χ0) is 17.3. The Kier molecular flexibility index (Phi) is 7.72. The number of hydrogen-bond acceptors (Lipinski definition) is 6. The summed E-state index contributed by atoms with van der Waals surface area (Å²) in [6.07, 6.45) is 0. The maximum Gasteiger partial charge on any atom is 0.488 e. The molecule has 10 heteroatoms. The highest BCUT2D eigenvalue weighted by molar-refractivity contribution is 7.81. The quantitative estimate of drug-likeness (QED) is 0.534. The zero-order valence-corrected chi connectivity index (χ0v) is 13.6. The maximum atomic E-state index is 12.3. The van der Waals surface area contributed by atoms with Gasteiger partial charge in [-0.1, -0.05) is 3.89 Å². The first-order valence-corrected chi connectivity index (χ1v) is 7.95. The highest BCUT2D eigenvalue weighted by Crippen LogP contribution is 2.18. The molecule has 0 unspecified atom stereocenters. The average molecular weight is 350 g/mol. The fraction of sp³-hybridized carbons (Fsp3) is 0.462. The van der Waals surface area contributed by atoms with Gasteiger partial charge in [-0.15, -0.1) is 0 Å². The Bertz CT molecular complexity index is 593. The number of halogens is 1. The van der Waals surface area contributed by atoms with E-state index in [1.807, 2.05) is 0 Å². The zero-order valence-electron chi connectivity index (χ0n) is 12.8. The summed E-state index contributed by atoms with van der Waals surface area (Å²) in [6.45, 7) is 1.69. The van der Waals surface area contributed by atoms with Crippen molar-refractivity contribution < 1.29 is 30.8 Å². The molecule has 0 aliphatic carbocycles. The summed E-state index contributed by atoms with van der Waals surface area (Å²) in [6, 6.07) is 4.86. The van der Waals surface area contributed by atoms with Crippen LogP contribution < -0.4 is 9.50 Å². The highest BCUT2D eigenvalue weighted by atomic mass is 32.3. The molecule has 0 saturated carbocycles. The van der Waals surface area contributed by atoms with Crippen molar-refractivity contribution in [1.29, 1.82) is 0 Å². The largest absolute Gasteiger partial charge is 0.488 e. The predicted octanol–water partition coefficient (Wildman–Crippen LogP) is 1.41. The van der Waals surface area contributed by atoms with E-state index in [0.717, 1.165) is 0 Å². The molecule has 0 aliphatic rings. The lowest BCUT2D eigenvalue weighted by molar-refractivity contribution is 0.0644. The second-order valence-electron chi connectivity index (χ2n) is 4.46. The van der Waals surface area contributed by atoms with Gasteiger partial charge in [0, 0.05) is 26.4 Å². The van der Waals surface area contributed by atoms with Crippen LogP contribution in [0.3, 0.4) is 0 Å². The van der Waals surface area contributed by atoms with Crippen LogP contribution in [0.25, 0.3) is 0 Å². The second-order valence-corrected chi connectivity index (χ2v) is 5.41. The SMILES string of the molecule is COCCOCCN(C)C(=O)Nc1ccc(OS(=O)(=O)F)cc1. The van der Waals surface area contributed by atoms with Crippen molar-refractivity contribution in [2.24, 2.45) is 0 Å². The average Bonchev–Trinajstić information content (AvgIpc) is 2.47. The van der Waals surface area contributed by atoms with E-state index in [0.29, 0.717) is 32.1 Å². The first kappa shape index (κ1) is 19.1. The van der Waals surface area contributed by atoms with Crippen LogP contribution in [0.15, 0.2) is 24.3 Å². The Morgan fingerprint density at radius 3 is 2.43 bits per heavy atom. The van der Waals surface area contributed by atoms with E-state index < -0.39 is 10.5 Å². The summed E-state index contributed by atoms with van der Waals surface area (Å²) in [7, 11) is -1.89. The van der Waals surface area contributed by atoms with Crippen molar-refractivity contribution in [2.45, 2.75) is 0 Å². The minimum absolute atomic E-state index is 0.189. The molecule has 0 radical (unpaired) electrons. The number of carbonyl (C=O) groups is 1. The van der Waals surface area contributed by atoms with E-state index in [-0.39, 0.29) is 11.8 Å². The third kappa shape index (κ3) is 8.33. The van der Waals surface area contributed by atoms with Gasteiger partial charge in [0.2, 0.25) is 0 Å². The Morgan fingerprint density at radius 1 is 1.22 bits per heavy atom. The molecule has 0 spiro atoms. The third-order valence-electron chi connectivity index (χ3n) is 2.65. The number of hydrogen-bond donors (Lipinski definition) is 1. The van der Waals surface area contributed by atoms with Gasteiger partial charge in [0.25, 0.3) is 0 Å². The number of rotatable bonds is 9. The summed E-state index contributed by atoms with van der Waals surface area (Å²) < 4.78 is 47.1. The number of methoxy groups -OCH3 is 1. The molecule has 130 valence electrons. The van der Waals surface area contributed by atoms with Crippen LogP contribution in [0, 0.1) is 0 Å². The van der Waals surface area contributed by atoms with Crippen LogP contribution in [0.2, 0.25) is 0 Å². The molecular weight excluding hydrogens is 331 g/mol. The minimum Gasteiger partial charge on any atom is -0.382 e. The number of urea groups is 1. The van der Waals surface area contributed by atoms with E-state index in [1.54, 1.807) is 14.2 Å². The van der Waals surface area contributed by atoms with Gasteiger partial charge in [0.15, 0.2) is 0 Å².